The molecule has 0 saturated carbocycles. The number of halogens is 1. The molecule has 5 rings (SSSR count). The van der Waals surface area contributed by atoms with Crippen molar-refractivity contribution in [3.05, 3.63) is 117 Å². The second-order valence-electron chi connectivity index (χ2n) is 7.69. The van der Waals surface area contributed by atoms with E-state index in [1.807, 2.05) is 54.6 Å². The van der Waals surface area contributed by atoms with Gasteiger partial charge in [-0.1, -0.05) is 66.2 Å². The van der Waals surface area contributed by atoms with Gasteiger partial charge < -0.3 is 0 Å². The number of nitrogens with zero attached hydrogens (tertiary/aromatic N) is 5. The van der Waals surface area contributed by atoms with Gasteiger partial charge in [0.05, 0.1) is 17.0 Å². The van der Waals surface area contributed by atoms with Crippen LogP contribution < -0.4 is 4.90 Å². The van der Waals surface area contributed by atoms with Crippen LogP contribution in [0.1, 0.15) is 40.0 Å². The molecule has 2 heterocycles. The summed E-state index contributed by atoms with van der Waals surface area (Å²) in [5.74, 6) is -0.0315. The van der Waals surface area contributed by atoms with Crippen LogP contribution in [0, 0.1) is 10.1 Å². The number of nitro benzene ring substituents is 1. The van der Waals surface area contributed by atoms with Crippen LogP contribution in [0.2, 0.25) is 5.02 Å². The molecule has 0 radical (unpaired) electrons. The average Bonchev–Trinajstić information content (AvgIpc) is 3.33. The summed E-state index contributed by atoms with van der Waals surface area (Å²) in [5.41, 5.74) is 1.86. The van der Waals surface area contributed by atoms with Crippen molar-refractivity contribution in [2.24, 2.45) is 0 Å². The molecular weight excluding hydrogens is 442 g/mol. The summed E-state index contributed by atoms with van der Waals surface area (Å²) < 4.78 is 1.69. The molecule has 33 heavy (non-hydrogen) atoms. The third-order valence-electron chi connectivity index (χ3n) is 5.79. The van der Waals surface area contributed by atoms with Crippen molar-refractivity contribution < 1.29 is 9.72 Å². The molecule has 1 aliphatic rings. The molecule has 0 N–H and O–H groups in total. The highest BCUT2D eigenvalue weighted by molar-refractivity contribution is 6.31. The van der Waals surface area contributed by atoms with Crippen molar-refractivity contribution in [3.8, 4) is 0 Å². The normalized spacial score (nSPS) is 17.4. The summed E-state index contributed by atoms with van der Waals surface area (Å²) in [5, 5.41) is 16.3. The van der Waals surface area contributed by atoms with Gasteiger partial charge in [0.15, 0.2) is 0 Å². The first-order valence-electron chi connectivity index (χ1n) is 10.3. The molecular formula is C24H18ClN5O3. The van der Waals surface area contributed by atoms with Gasteiger partial charge in [0.1, 0.15) is 6.33 Å². The minimum absolute atomic E-state index is 0.149. The Kier molecular flexibility index (Phi) is 5.35. The number of aromatic nitrogens is 3. The zero-order valence-corrected chi connectivity index (χ0v) is 18.0. The monoisotopic (exact) mass is 459 g/mol. The van der Waals surface area contributed by atoms with Gasteiger partial charge in [-0.3, -0.25) is 19.8 Å². The van der Waals surface area contributed by atoms with Gasteiger partial charge >= 0.3 is 0 Å². The lowest BCUT2D eigenvalue weighted by atomic mass is 9.91. The van der Waals surface area contributed by atoms with Crippen LogP contribution >= 0.6 is 11.6 Å². The Morgan fingerprint density at radius 2 is 1.76 bits per heavy atom. The topological polar surface area (TPSA) is 94.2 Å². The van der Waals surface area contributed by atoms with Gasteiger partial charge in [0, 0.05) is 22.7 Å². The third kappa shape index (κ3) is 3.74. The lowest BCUT2D eigenvalue weighted by molar-refractivity contribution is -0.384. The Balaban J connectivity index is 1.66. The predicted molar refractivity (Wildman–Crippen MR) is 123 cm³/mol. The number of non-ortho nitro benzene ring substituents is 1. The molecule has 4 aromatic rings. The van der Waals surface area contributed by atoms with E-state index in [1.165, 1.54) is 24.5 Å². The number of rotatable bonds is 4. The van der Waals surface area contributed by atoms with E-state index in [1.54, 1.807) is 15.6 Å². The maximum atomic E-state index is 13.7. The van der Waals surface area contributed by atoms with Crippen LogP contribution in [-0.4, -0.2) is 25.6 Å². The largest absolute Gasteiger partial charge is 0.270 e. The highest BCUT2D eigenvalue weighted by Crippen LogP contribution is 2.43. The van der Waals surface area contributed by atoms with Crippen LogP contribution in [0.25, 0.3) is 0 Å². The zero-order chi connectivity index (χ0) is 22.9. The molecule has 1 amide bonds. The SMILES string of the molecule is O=C(c1cccc([N+](=O)[O-])c1)N1c2ncnn2[C@H](c2ccccc2Cl)C[C@@H]1c1ccccc1. The van der Waals surface area contributed by atoms with Crippen molar-refractivity contribution >= 4 is 29.1 Å². The van der Waals surface area contributed by atoms with Gasteiger partial charge in [-0.2, -0.15) is 10.1 Å². The lowest BCUT2D eigenvalue weighted by Crippen LogP contribution is -2.42. The molecule has 0 spiro atoms. The minimum Gasteiger partial charge on any atom is -0.269 e. The average molecular weight is 460 g/mol. The van der Waals surface area contributed by atoms with Gasteiger partial charge in [0.25, 0.3) is 11.6 Å². The Bertz CT molecular complexity index is 1340. The molecule has 2 atom stereocenters. The van der Waals surface area contributed by atoms with Crippen LogP contribution in [0.5, 0.6) is 0 Å². The number of hydrogen-bond acceptors (Lipinski definition) is 5. The fraction of sp³-hybridized carbons (Fsp3) is 0.125. The maximum Gasteiger partial charge on any atom is 0.270 e. The van der Waals surface area contributed by atoms with Gasteiger partial charge in [0.2, 0.25) is 5.95 Å². The standard InChI is InChI=1S/C24H18ClN5O3/c25-20-12-5-4-11-19(20)22-14-21(16-7-2-1-3-8-16)28(24-26-15-27-29(22)24)23(31)17-9-6-10-18(13-17)30(32)33/h1-13,15,21-22H,14H2/t21-,22+/m1/s1. The van der Waals surface area contributed by atoms with E-state index in [-0.39, 0.29) is 29.2 Å². The Labute approximate surface area is 194 Å². The second-order valence-corrected chi connectivity index (χ2v) is 8.09. The quantitative estimate of drug-likeness (QED) is 0.308. The third-order valence-corrected chi connectivity index (χ3v) is 6.14. The Hall–Kier alpha value is -4.04. The highest BCUT2D eigenvalue weighted by Gasteiger charge is 2.40. The number of amides is 1. The van der Waals surface area contributed by atoms with Gasteiger partial charge in [-0.15, -0.1) is 0 Å². The van der Waals surface area contributed by atoms with Crippen LogP contribution in [0.15, 0.2) is 85.2 Å². The van der Waals surface area contributed by atoms with Gasteiger partial charge in [-0.05, 0) is 29.7 Å². The fourth-order valence-electron chi connectivity index (χ4n) is 4.28. The summed E-state index contributed by atoms with van der Waals surface area (Å²) in [6.07, 6.45) is 1.91. The van der Waals surface area contributed by atoms with E-state index in [4.69, 9.17) is 11.6 Å². The Morgan fingerprint density at radius 3 is 2.52 bits per heavy atom. The van der Waals surface area contributed by atoms with Crippen molar-refractivity contribution in [2.75, 3.05) is 4.90 Å². The summed E-state index contributed by atoms with van der Waals surface area (Å²) in [6.45, 7) is 0. The second kappa shape index (κ2) is 8.48. The molecule has 0 fully saturated rings. The highest BCUT2D eigenvalue weighted by atomic mass is 35.5. The number of nitro groups is 1. The Morgan fingerprint density at radius 1 is 1.00 bits per heavy atom. The number of carbonyl (C=O) groups excluding carboxylic acids is 1. The van der Waals surface area contributed by atoms with Crippen LogP contribution in [0.4, 0.5) is 11.6 Å². The van der Waals surface area contributed by atoms with Gasteiger partial charge in [-0.25, -0.2) is 4.68 Å². The molecule has 0 unspecified atom stereocenters. The lowest BCUT2D eigenvalue weighted by Gasteiger charge is -2.39. The number of benzene rings is 3. The number of carbonyl (C=O) groups is 1. The zero-order valence-electron chi connectivity index (χ0n) is 17.3. The molecule has 9 heteroatoms. The van der Waals surface area contributed by atoms with Crippen molar-refractivity contribution in [1.29, 1.82) is 0 Å². The first-order chi connectivity index (χ1) is 16.0. The van der Waals surface area contributed by atoms with E-state index in [0.717, 1.165) is 11.1 Å². The maximum absolute atomic E-state index is 13.7. The minimum atomic E-state index is -0.516. The molecule has 3 aromatic carbocycles. The summed E-state index contributed by atoms with van der Waals surface area (Å²) >= 11 is 6.52. The van der Waals surface area contributed by atoms with Crippen molar-refractivity contribution in [2.45, 2.75) is 18.5 Å². The van der Waals surface area contributed by atoms with E-state index in [0.29, 0.717) is 17.4 Å². The van der Waals surface area contributed by atoms with Crippen LogP contribution in [-0.2, 0) is 0 Å². The first-order valence-corrected chi connectivity index (χ1v) is 10.7. The molecule has 0 saturated heterocycles. The van der Waals surface area contributed by atoms with E-state index >= 15 is 0 Å². The number of fused-ring (bicyclic) bond motifs is 1. The summed E-state index contributed by atoms with van der Waals surface area (Å²) in [6, 6.07) is 22.3. The van der Waals surface area contributed by atoms with E-state index in [2.05, 4.69) is 10.1 Å². The first kappa shape index (κ1) is 20.8. The molecule has 1 aliphatic heterocycles. The van der Waals surface area contributed by atoms with Crippen molar-refractivity contribution in [1.82, 2.24) is 14.8 Å². The number of hydrogen-bond donors (Lipinski definition) is 0. The number of anilines is 1. The molecule has 164 valence electrons. The smallest absolute Gasteiger partial charge is 0.269 e. The fourth-order valence-corrected chi connectivity index (χ4v) is 4.54. The summed E-state index contributed by atoms with van der Waals surface area (Å²) in [4.78, 5) is 30.4. The molecule has 1 aromatic heterocycles. The van der Waals surface area contributed by atoms with E-state index in [9.17, 15) is 14.9 Å². The van der Waals surface area contributed by atoms with Crippen molar-refractivity contribution in [3.63, 3.8) is 0 Å². The molecule has 8 nitrogen and oxygen atoms in total. The predicted octanol–water partition coefficient (Wildman–Crippen LogP) is 5.22. The molecule has 0 bridgehead atoms. The van der Waals surface area contributed by atoms with Crippen LogP contribution in [0.3, 0.4) is 0 Å². The van der Waals surface area contributed by atoms with E-state index < -0.39 is 4.92 Å². The molecule has 0 aliphatic carbocycles. The summed E-state index contributed by atoms with van der Waals surface area (Å²) in [7, 11) is 0.